The molecule has 2 rings (SSSR count). The van der Waals surface area contributed by atoms with Gasteiger partial charge in [-0.15, -0.1) is 24.0 Å². The molecule has 6 heteroatoms. The molecule has 0 aromatic rings. The highest BCUT2D eigenvalue weighted by molar-refractivity contribution is 14.0. The third-order valence-electron chi connectivity index (χ3n) is 4.69. The van der Waals surface area contributed by atoms with Crippen LogP contribution >= 0.6 is 35.7 Å². The summed E-state index contributed by atoms with van der Waals surface area (Å²) in [5.41, 5.74) is 0. The highest BCUT2D eigenvalue weighted by atomic mass is 127. The van der Waals surface area contributed by atoms with Gasteiger partial charge in [0.2, 0.25) is 0 Å². The van der Waals surface area contributed by atoms with Crippen molar-refractivity contribution in [2.24, 2.45) is 10.9 Å². The standard InChI is InChI=1S/C17H34N4S.HI/c1-4-18-17(20-12-16-8-6-10-22-16)19-11-15(3)21-9-5-7-14(2)13-21;/h14-16H,4-13H2,1-3H3,(H2,18,19,20);1H. The van der Waals surface area contributed by atoms with Gasteiger partial charge in [0, 0.05) is 30.9 Å². The highest BCUT2D eigenvalue weighted by Crippen LogP contribution is 2.25. The molecule has 0 saturated carbocycles. The molecule has 0 amide bonds. The van der Waals surface area contributed by atoms with Gasteiger partial charge < -0.3 is 10.6 Å². The Kier molecular flexibility index (Phi) is 10.9. The van der Waals surface area contributed by atoms with Crippen molar-refractivity contribution in [2.75, 3.05) is 38.5 Å². The number of thioether (sulfide) groups is 1. The van der Waals surface area contributed by atoms with Crippen molar-refractivity contribution in [3.05, 3.63) is 0 Å². The predicted molar refractivity (Wildman–Crippen MR) is 114 cm³/mol. The van der Waals surface area contributed by atoms with Gasteiger partial charge in [-0.2, -0.15) is 11.8 Å². The van der Waals surface area contributed by atoms with Gasteiger partial charge in [-0.1, -0.05) is 6.92 Å². The van der Waals surface area contributed by atoms with Crippen LogP contribution in [0.15, 0.2) is 4.99 Å². The molecule has 2 N–H and O–H groups in total. The maximum absolute atomic E-state index is 4.82. The van der Waals surface area contributed by atoms with E-state index >= 15 is 0 Å². The first-order chi connectivity index (χ1) is 10.7. The van der Waals surface area contributed by atoms with Crippen LogP contribution in [0.4, 0.5) is 0 Å². The normalized spacial score (nSPS) is 27.3. The summed E-state index contributed by atoms with van der Waals surface area (Å²) in [6.45, 7) is 12.2. The van der Waals surface area contributed by atoms with Crippen molar-refractivity contribution in [3.8, 4) is 0 Å². The third-order valence-corrected chi connectivity index (χ3v) is 6.09. The second-order valence-electron chi connectivity index (χ2n) is 6.83. The van der Waals surface area contributed by atoms with Gasteiger partial charge in [0.25, 0.3) is 0 Å². The van der Waals surface area contributed by atoms with Crippen molar-refractivity contribution >= 4 is 41.7 Å². The average molecular weight is 454 g/mol. The van der Waals surface area contributed by atoms with E-state index in [1.54, 1.807) is 0 Å². The molecular formula is C17H35IN4S. The topological polar surface area (TPSA) is 39.7 Å². The predicted octanol–water partition coefficient (Wildman–Crippen LogP) is 3.18. The summed E-state index contributed by atoms with van der Waals surface area (Å²) in [6.07, 6.45) is 5.44. The molecule has 3 atom stereocenters. The Hall–Kier alpha value is 0.310. The van der Waals surface area contributed by atoms with Crippen LogP contribution in [-0.4, -0.2) is 60.6 Å². The first kappa shape index (κ1) is 21.4. The van der Waals surface area contributed by atoms with Gasteiger partial charge in [0.05, 0.1) is 6.54 Å². The summed E-state index contributed by atoms with van der Waals surface area (Å²) in [4.78, 5) is 7.42. The Morgan fingerprint density at radius 1 is 1.30 bits per heavy atom. The lowest BCUT2D eigenvalue weighted by atomic mass is 9.99. The van der Waals surface area contributed by atoms with Gasteiger partial charge in [-0.05, 0) is 57.7 Å². The molecular weight excluding hydrogens is 419 g/mol. The number of piperidine rings is 1. The number of nitrogens with one attached hydrogen (secondary N) is 2. The number of aliphatic imine (C=N–C) groups is 1. The molecule has 0 aliphatic carbocycles. The lowest BCUT2D eigenvalue weighted by molar-refractivity contribution is 0.142. The largest absolute Gasteiger partial charge is 0.357 e. The first-order valence-electron chi connectivity index (χ1n) is 9.07. The fourth-order valence-corrected chi connectivity index (χ4v) is 4.52. The molecule has 23 heavy (non-hydrogen) atoms. The van der Waals surface area contributed by atoms with Gasteiger partial charge in [-0.25, -0.2) is 0 Å². The van der Waals surface area contributed by atoms with E-state index in [2.05, 4.69) is 48.1 Å². The molecule has 3 unspecified atom stereocenters. The van der Waals surface area contributed by atoms with Crippen LogP contribution in [0.3, 0.4) is 0 Å². The summed E-state index contributed by atoms with van der Waals surface area (Å²) < 4.78 is 0. The molecule has 136 valence electrons. The number of nitrogens with zero attached hydrogens (tertiary/aromatic N) is 2. The quantitative estimate of drug-likeness (QED) is 0.368. The van der Waals surface area contributed by atoms with Gasteiger partial charge in [0.1, 0.15) is 0 Å². The molecule has 2 aliphatic heterocycles. The second kappa shape index (κ2) is 11.8. The smallest absolute Gasteiger partial charge is 0.191 e. The first-order valence-corrected chi connectivity index (χ1v) is 10.1. The Morgan fingerprint density at radius 2 is 2.13 bits per heavy atom. The molecule has 2 heterocycles. The molecule has 2 fully saturated rings. The molecule has 0 spiro atoms. The van der Waals surface area contributed by atoms with E-state index in [1.165, 1.54) is 44.5 Å². The number of rotatable bonds is 6. The summed E-state index contributed by atoms with van der Waals surface area (Å²) in [6, 6.07) is 0.541. The summed E-state index contributed by atoms with van der Waals surface area (Å²) in [5, 5.41) is 7.68. The minimum absolute atomic E-state index is 0. The van der Waals surface area contributed by atoms with Crippen LogP contribution in [0.1, 0.15) is 46.5 Å². The monoisotopic (exact) mass is 454 g/mol. The summed E-state index contributed by atoms with van der Waals surface area (Å²) in [5.74, 6) is 3.15. The fraction of sp³-hybridized carbons (Fsp3) is 0.941. The number of hydrogen-bond donors (Lipinski definition) is 2. The minimum atomic E-state index is 0. The summed E-state index contributed by atoms with van der Waals surface area (Å²) in [7, 11) is 0. The number of likely N-dealkylation sites (tertiary alicyclic amines) is 1. The molecule has 0 bridgehead atoms. The van der Waals surface area contributed by atoms with Gasteiger partial charge in [0.15, 0.2) is 5.96 Å². The van der Waals surface area contributed by atoms with E-state index in [9.17, 15) is 0 Å². The Balaban J connectivity index is 0.00000264. The van der Waals surface area contributed by atoms with Crippen molar-refractivity contribution in [2.45, 2.75) is 57.7 Å². The molecule has 0 aromatic carbocycles. The Bertz CT molecular complexity index is 347. The Labute approximate surface area is 164 Å². The zero-order chi connectivity index (χ0) is 15.8. The minimum Gasteiger partial charge on any atom is -0.357 e. The number of guanidine groups is 1. The van der Waals surface area contributed by atoms with Crippen molar-refractivity contribution in [1.29, 1.82) is 0 Å². The van der Waals surface area contributed by atoms with Crippen molar-refractivity contribution in [3.63, 3.8) is 0 Å². The van der Waals surface area contributed by atoms with E-state index in [0.29, 0.717) is 6.04 Å². The third kappa shape index (κ3) is 7.82. The molecule has 2 aliphatic rings. The van der Waals surface area contributed by atoms with Crippen LogP contribution in [0.5, 0.6) is 0 Å². The number of hydrogen-bond acceptors (Lipinski definition) is 3. The number of halogens is 1. The molecule has 4 nitrogen and oxygen atoms in total. The zero-order valence-electron chi connectivity index (χ0n) is 15.0. The maximum Gasteiger partial charge on any atom is 0.191 e. The van der Waals surface area contributed by atoms with E-state index in [0.717, 1.165) is 36.8 Å². The fourth-order valence-electron chi connectivity index (χ4n) is 3.32. The molecule has 0 aromatic heterocycles. The van der Waals surface area contributed by atoms with Crippen LogP contribution in [0.2, 0.25) is 0 Å². The zero-order valence-corrected chi connectivity index (χ0v) is 18.2. The van der Waals surface area contributed by atoms with E-state index in [4.69, 9.17) is 4.99 Å². The lowest BCUT2D eigenvalue weighted by Crippen LogP contribution is -2.44. The lowest BCUT2D eigenvalue weighted by Gasteiger charge is -2.35. The van der Waals surface area contributed by atoms with Gasteiger partial charge >= 0.3 is 0 Å². The van der Waals surface area contributed by atoms with Crippen molar-refractivity contribution in [1.82, 2.24) is 15.5 Å². The molecule has 0 radical (unpaired) electrons. The molecule has 2 saturated heterocycles. The maximum atomic E-state index is 4.82. The average Bonchev–Trinajstić information content (AvgIpc) is 3.03. The van der Waals surface area contributed by atoms with E-state index < -0.39 is 0 Å². The SMILES string of the molecule is CCNC(=NCC(C)N1CCCC(C)C1)NCC1CCCS1.I. The summed E-state index contributed by atoms with van der Waals surface area (Å²) >= 11 is 2.10. The van der Waals surface area contributed by atoms with Crippen molar-refractivity contribution < 1.29 is 0 Å². The van der Waals surface area contributed by atoms with Crippen LogP contribution in [0, 0.1) is 5.92 Å². The Morgan fingerprint density at radius 3 is 2.78 bits per heavy atom. The van der Waals surface area contributed by atoms with Crippen LogP contribution in [-0.2, 0) is 0 Å². The van der Waals surface area contributed by atoms with Gasteiger partial charge in [-0.3, -0.25) is 9.89 Å². The van der Waals surface area contributed by atoms with Crippen LogP contribution < -0.4 is 10.6 Å². The second-order valence-corrected chi connectivity index (χ2v) is 8.24. The highest BCUT2D eigenvalue weighted by Gasteiger charge is 2.21. The van der Waals surface area contributed by atoms with Crippen LogP contribution in [0.25, 0.3) is 0 Å². The van der Waals surface area contributed by atoms with E-state index in [-0.39, 0.29) is 24.0 Å². The van der Waals surface area contributed by atoms with E-state index in [1.807, 2.05) is 0 Å².